The first-order valence-corrected chi connectivity index (χ1v) is 9.40. The standard InChI is InChI=1S/C19H14ClNO7S/c1-9(18(25)27-2)21-16(22)15(29-19(21)26)8-11-4-6-14(28-11)10-3-5-12(17(23)24)13(20)7-10/h3-9H,1-2H3,(H,23,24)/b15-8+/t9-/m0/s1. The summed E-state index contributed by atoms with van der Waals surface area (Å²) in [6, 6.07) is 6.54. The van der Waals surface area contributed by atoms with Gasteiger partial charge in [0.2, 0.25) is 0 Å². The number of benzene rings is 1. The molecule has 1 aliphatic rings. The Morgan fingerprint density at radius 1 is 1.28 bits per heavy atom. The van der Waals surface area contributed by atoms with Crippen molar-refractivity contribution in [1.29, 1.82) is 0 Å². The van der Waals surface area contributed by atoms with Crippen molar-refractivity contribution in [2.75, 3.05) is 7.11 Å². The molecule has 0 spiro atoms. The van der Waals surface area contributed by atoms with Crippen molar-refractivity contribution >= 4 is 52.5 Å². The Hall–Kier alpha value is -3.04. The number of nitrogens with zero attached hydrogens (tertiary/aromatic N) is 1. The van der Waals surface area contributed by atoms with Crippen LogP contribution in [-0.2, 0) is 14.3 Å². The number of aromatic carboxylic acids is 1. The Balaban J connectivity index is 1.84. The molecule has 29 heavy (non-hydrogen) atoms. The molecule has 150 valence electrons. The van der Waals surface area contributed by atoms with Crippen LogP contribution in [-0.4, -0.2) is 46.2 Å². The van der Waals surface area contributed by atoms with Crippen LogP contribution in [0.15, 0.2) is 39.7 Å². The first kappa shape index (κ1) is 20.7. The molecule has 0 unspecified atom stereocenters. The van der Waals surface area contributed by atoms with Crippen LogP contribution in [0.1, 0.15) is 23.0 Å². The van der Waals surface area contributed by atoms with Gasteiger partial charge in [0.15, 0.2) is 0 Å². The van der Waals surface area contributed by atoms with E-state index in [0.717, 1.165) is 4.90 Å². The summed E-state index contributed by atoms with van der Waals surface area (Å²) in [4.78, 5) is 48.3. The van der Waals surface area contributed by atoms with Crippen molar-refractivity contribution < 1.29 is 33.4 Å². The van der Waals surface area contributed by atoms with E-state index in [0.29, 0.717) is 28.8 Å². The highest BCUT2D eigenvalue weighted by molar-refractivity contribution is 8.18. The number of halogens is 1. The Labute approximate surface area is 174 Å². The van der Waals surface area contributed by atoms with Crippen LogP contribution >= 0.6 is 23.4 Å². The van der Waals surface area contributed by atoms with E-state index in [-0.39, 0.29) is 15.5 Å². The maximum atomic E-state index is 12.5. The minimum atomic E-state index is -1.14. The van der Waals surface area contributed by atoms with Crippen LogP contribution in [0.5, 0.6) is 0 Å². The molecule has 1 aromatic heterocycles. The van der Waals surface area contributed by atoms with Crippen molar-refractivity contribution in [3.8, 4) is 11.3 Å². The minimum Gasteiger partial charge on any atom is -0.478 e. The van der Waals surface area contributed by atoms with Crippen LogP contribution in [0.2, 0.25) is 5.02 Å². The lowest BCUT2D eigenvalue weighted by Gasteiger charge is -2.18. The fraction of sp³-hybridized carbons (Fsp3) is 0.158. The number of imide groups is 1. The number of esters is 1. The monoisotopic (exact) mass is 435 g/mol. The summed E-state index contributed by atoms with van der Waals surface area (Å²) in [5.74, 6) is -1.76. The first-order chi connectivity index (χ1) is 13.7. The van der Waals surface area contributed by atoms with Crippen molar-refractivity contribution in [2.24, 2.45) is 0 Å². The zero-order chi connectivity index (χ0) is 21.3. The third-order valence-corrected chi connectivity index (χ3v) is 5.33. The normalized spacial score (nSPS) is 16.4. The molecule has 3 rings (SSSR count). The first-order valence-electron chi connectivity index (χ1n) is 8.21. The smallest absolute Gasteiger partial charge is 0.337 e. The number of hydrogen-bond acceptors (Lipinski definition) is 7. The van der Waals surface area contributed by atoms with E-state index in [1.54, 1.807) is 18.2 Å². The summed E-state index contributed by atoms with van der Waals surface area (Å²) < 4.78 is 10.2. The number of furan rings is 1. The topological polar surface area (TPSA) is 114 Å². The van der Waals surface area contributed by atoms with Crippen molar-refractivity contribution in [1.82, 2.24) is 4.90 Å². The number of hydrogen-bond donors (Lipinski definition) is 1. The number of thioether (sulfide) groups is 1. The Bertz CT molecular complexity index is 1060. The maximum absolute atomic E-state index is 12.5. The summed E-state index contributed by atoms with van der Waals surface area (Å²) in [6.45, 7) is 1.40. The molecule has 0 bridgehead atoms. The van der Waals surface area contributed by atoms with Gasteiger partial charge in [-0.15, -0.1) is 0 Å². The van der Waals surface area contributed by atoms with Gasteiger partial charge in [-0.3, -0.25) is 14.5 Å². The van der Waals surface area contributed by atoms with Gasteiger partial charge < -0.3 is 14.3 Å². The largest absolute Gasteiger partial charge is 0.478 e. The lowest BCUT2D eigenvalue weighted by molar-refractivity contribution is -0.148. The summed E-state index contributed by atoms with van der Waals surface area (Å²) in [5.41, 5.74) is 0.516. The quantitative estimate of drug-likeness (QED) is 0.555. The highest BCUT2D eigenvalue weighted by Crippen LogP contribution is 2.35. The molecular formula is C19H14ClNO7S. The molecule has 1 saturated heterocycles. The molecule has 8 nitrogen and oxygen atoms in total. The van der Waals surface area contributed by atoms with Gasteiger partial charge in [-0.2, -0.15) is 0 Å². The van der Waals surface area contributed by atoms with E-state index in [1.165, 1.54) is 32.2 Å². The summed E-state index contributed by atoms with van der Waals surface area (Å²) in [5, 5.41) is 8.52. The van der Waals surface area contributed by atoms with E-state index in [2.05, 4.69) is 4.74 Å². The SMILES string of the molecule is COC(=O)[C@H](C)N1C(=O)S/C(=C/c2ccc(-c3ccc(C(=O)O)c(Cl)c3)o2)C1=O. The molecule has 10 heteroatoms. The van der Waals surface area contributed by atoms with Crippen LogP contribution in [0.4, 0.5) is 4.79 Å². The van der Waals surface area contributed by atoms with Crippen LogP contribution in [0, 0.1) is 0 Å². The highest BCUT2D eigenvalue weighted by Gasteiger charge is 2.41. The third kappa shape index (κ3) is 4.06. The molecule has 1 aromatic carbocycles. The molecular weight excluding hydrogens is 422 g/mol. The zero-order valence-electron chi connectivity index (χ0n) is 15.2. The molecule has 1 aliphatic heterocycles. The zero-order valence-corrected chi connectivity index (χ0v) is 16.7. The van der Waals surface area contributed by atoms with Gasteiger partial charge >= 0.3 is 11.9 Å². The number of rotatable bonds is 5. The highest BCUT2D eigenvalue weighted by atomic mass is 35.5. The molecule has 0 aliphatic carbocycles. The second-order valence-electron chi connectivity index (χ2n) is 5.95. The molecule has 0 radical (unpaired) electrons. The van der Waals surface area contributed by atoms with Gasteiger partial charge in [-0.05, 0) is 43.0 Å². The fourth-order valence-electron chi connectivity index (χ4n) is 2.65. The number of ether oxygens (including phenoxy) is 1. The second kappa shape index (κ2) is 8.14. The van der Waals surface area contributed by atoms with E-state index < -0.39 is 29.1 Å². The van der Waals surface area contributed by atoms with Gasteiger partial charge in [0.25, 0.3) is 11.1 Å². The Morgan fingerprint density at radius 2 is 2.00 bits per heavy atom. The average molecular weight is 436 g/mol. The van der Waals surface area contributed by atoms with Crippen LogP contribution in [0.25, 0.3) is 17.4 Å². The van der Waals surface area contributed by atoms with Crippen molar-refractivity contribution in [3.05, 3.63) is 51.6 Å². The molecule has 2 amide bonds. The van der Waals surface area contributed by atoms with Gasteiger partial charge in [-0.1, -0.05) is 17.7 Å². The lowest BCUT2D eigenvalue weighted by Crippen LogP contribution is -2.42. The number of carbonyl (C=O) groups excluding carboxylic acids is 3. The number of carbonyl (C=O) groups is 4. The van der Waals surface area contributed by atoms with E-state index in [4.69, 9.17) is 21.1 Å². The minimum absolute atomic E-state index is 0.0319. The van der Waals surface area contributed by atoms with Crippen LogP contribution in [0.3, 0.4) is 0 Å². The predicted octanol–water partition coefficient (Wildman–Crippen LogP) is 3.90. The van der Waals surface area contributed by atoms with Crippen molar-refractivity contribution in [3.63, 3.8) is 0 Å². The lowest BCUT2D eigenvalue weighted by atomic mass is 10.1. The molecule has 2 aromatic rings. The van der Waals surface area contributed by atoms with Crippen LogP contribution < -0.4 is 0 Å². The summed E-state index contributed by atoms with van der Waals surface area (Å²) in [7, 11) is 1.17. The number of methoxy groups -OCH3 is 1. The van der Waals surface area contributed by atoms with E-state index in [9.17, 15) is 19.2 Å². The van der Waals surface area contributed by atoms with E-state index in [1.807, 2.05) is 0 Å². The maximum Gasteiger partial charge on any atom is 0.337 e. The summed E-state index contributed by atoms with van der Waals surface area (Å²) in [6.07, 6.45) is 1.39. The predicted molar refractivity (Wildman–Crippen MR) is 105 cm³/mol. The second-order valence-corrected chi connectivity index (χ2v) is 7.35. The molecule has 1 atom stereocenters. The molecule has 2 heterocycles. The van der Waals surface area contributed by atoms with Gasteiger partial charge in [0.1, 0.15) is 17.6 Å². The Kier molecular flexibility index (Phi) is 5.81. The molecule has 1 N–H and O–H groups in total. The number of carboxylic acids is 1. The summed E-state index contributed by atoms with van der Waals surface area (Å²) >= 11 is 6.66. The van der Waals surface area contributed by atoms with Gasteiger partial charge in [0.05, 0.1) is 22.6 Å². The third-order valence-electron chi connectivity index (χ3n) is 4.14. The van der Waals surface area contributed by atoms with Gasteiger partial charge in [-0.25, -0.2) is 9.59 Å². The molecule has 1 fully saturated rings. The Morgan fingerprint density at radius 3 is 2.62 bits per heavy atom. The van der Waals surface area contributed by atoms with E-state index >= 15 is 0 Å². The number of amides is 2. The molecule has 0 saturated carbocycles. The average Bonchev–Trinajstić information content (AvgIpc) is 3.25. The fourth-order valence-corrected chi connectivity index (χ4v) is 3.80. The van der Waals surface area contributed by atoms with Crippen molar-refractivity contribution in [2.45, 2.75) is 13.0 Å². The number of carboxylic acid groups (broad SMARTS) is 1. The van der Waals surface area contributed by atoms with Gasteiger partial charge in [0, 0.05) is 11.6 Å².